The number of aromatic nitrogens is 3. The lowest BCUT2D eigenvalue weighted by atomic mass is 9.86. The third kappa shape index (κ3) is 5.92. The molecule has 1 saturated carbocycles. The van der Waals surface area contributed by atoms with E-state index in [-0.39, 0.29) is 24.1 Å². The first-order valence-electron chi connectivity index (χ1n) is 13.2. The number of esters is 1. The van der Waals surface area contributed by atoms with Gasteiger partial charge in [0.05, 0.1) is 18.8 Å². The third-order valence-corrected chi connectivity index (χ3v) is 9.09. The van der Waals surface area contributed by atoms with E-state index in [1.54, 1.807) is 42.5 Å². The van der Waals surface area contributed by atoms with E-state index in [1.807, 2.05) is 0 Å². The Labute approximate surface area is 236 Å². The summed E-state index contributed by atoms with van der Waals surface area (Å²) in [5.41, 5.74) is 5.27. The highest BCUT2D eigenvalue weighted by Gasteiger charge is 2.55. The first-order chi connectivity index (χ1) is 19.6. The molecule has 0 amide bonds. The van der Waals surface area contributed by atoms with Crippen LogP contribution in [-0.4, -0.2) is 74.8 Å². The molecule has 15 heteroatoms. The van der Waals surface area contributed by atoms with Crippen LogP contribution in [0.2, 0.25) is 0 Å². The number of carbonyl (C=O) groups excluding carboxylic acids is 1. The maximum absolute atomic E-state index is 14.0. The molecule has 1 unspecified atom stereocenters. The van der Waals surface area contributed by atoms with Gasteiger partial charge in [-0.25, -0.2) is 14.1 Å². The molecule has 2 fully saturated rings. The molecule has 0 bridgehead atoms. The van der Waals surface area contributed by atoms with Crippen molar-refractivity contribution in [2.75, 3.05) is 25.4 Å². The van der Waals surface area contributed by atoms with Crippen molar-refractivity contribution in [3.05, 3.63) is 54.5 Å². The molecule has 0 spiro atoms. The van der Waals surface area contributed by atoms with Crippen molar-refractivity contribution in [3.8, 4) is 11.8 Å². The lowest BCUT2D eigenvalue weighted by Crippen LogP contribution is -2.41. The summed E-state index contributed by atoms with van der Waals surface area (Å²) in [6, 6.07) is 12.5. The fourth-order valence-corrected chi connectivity index (χ4v) is 6.76. The summed E-state index contributed by atoms with van der Waals surface area (Å²) in [5, 5.41) is 42.2. The number of hydrogen-bond donors (Lipinski definition) is 5. The van der Waals surface area contributed by atoms with Crippen LogP contribution in [0.3, 0.4) is 0 Å². The van der Waals surface area contributed by atoms with Crippen molar-refractivity contribution >= 4 is 25.1 Å². The molecule has 218 valence electrons. The van der Waals surface area contributed by atoms with E-state index in [0.29, 0.717) is 24.2 Å². The van der Waals surface area contributed by atoms with E-state index in [0.717, 1.165) is 6.54 Å². The van der Waals surface area contributed by atoms with Crippen LogP contribution >= 0.6 is 7.75 Å². The number of ether oxygens (including phenoxy) is 1. The van der Waals surface area contributed by atoms with E-state index < -0.39 is 49.9 Å². The van der Waals surface area contributed by atoms with Crippen LogP contribution in [0.1, 0.15) is 31.4 Å². The van der Waals surface area contributed by atoms with Crippen molar-refractivity contribution in [1.29, 1.82) is 5.26 Å². The quantitative estimate of drug-likeness (QED) is 0.167. The number of fused-ring (bicyclic) bond motifs is 1. The largest absolute Gasteiger partial charge is 0.460 e. The maximum Gasteiger partial charge on any atom is 0.459 e. The number of nitrogen functional groups attached to an aromatic ring is 1. The SMILES string of the molecule is C[C@H](NP(=O)(OC[C@@]1(C#N)C[C@@H](c2ccc3c(N)ncnn23)[C@H](O)[C@@H]1O)Oc1ccccc1)C(=O)O[C@H]1CCNC1. The number of anilines is 1. The molecule has 1 aromatic carbocycles. The van der Waals surface area contributed by atoms with Crippen LogP contribution in [0.25, 0.3) is 5.52 Å². The van der Waals surface area contributed by atoms with Gasteiger partial charge in [0, 0.05) is 18.2 Å². The number of nitrogens with zero attached hydrogens (tertiary/aromatic N) is 4. The van der Waals surface area contributed by atoms with E-state index >= 15 is 0 Å². The Morgan fingerprint density at radius 1 is 1.34 bits per heavy atom. The molecule has 6 N–H and O–H groups in total. The van der Waals surface area contributed by atoms with Crippen molar-refractivity contribution < 1.29 is 33.4 Å². The minimum absolute atomic E-state index is 0.0561. The number of nitrogens with one attached hydrogen (secondary N) is 2. The molecule has 2 aromatic heterocycles. The van der Waals surface area contributed by atoms with Gasteiger partial charge in [0.2, 0.25) is 0 Å². The zero-order chi connectivity index (χ0) is 29.2. The first kappa shape index (κ1) is 28.9. The van der Waals surface area contributed by atoms with Crippen LogP contribution in [0.4, 0.5) is 5.82 Å². The average molecular weight is 586 g/mol. The Balaban J connectivity index is 1.36. The van der Waals surface area contributed by atoms with Crippen LogP contribution in [-0.2, 0) is 18.6 Å². The van der Waals surface area contributed by atoms with E-state index in [1.165, 1.54) is 17.8 Å². The molecule has 41 heavy (non-hydrogen) atoms. The highest BCUT2D eigenvalue weighted by Crippen LogP contribution is 2.52. The third-order valence-electron chi connectivity index (χ3n) is 7.46. The predicted molar refractivity (Wildman–Crippen MR) is 145 cm³/mol. The van der Waals surface area contributed by atoms with Gasteiger partial charge in [-0.1, -0.05) is 18.2 Å². The van der Waals surface area contributed by atoms with Gasteiger partial charge in [-0.05, 0) is 50.6 Å². The summed E-state index contributed by atoms with van der Waals surface area (Å²) >= 11 is 0. The van der Waals surface area contributed by atoms with Crippen molar-refractivity contribution in [2.45, 2.75) is 50.0 Å². The number of benzene rings is 1. The second-order valence-electron chi connectivity index (χ2n) is 10.3. The summed E-state index contributed by atoms with van der Waals surface area (Å²) in [4.78, 5) is 16.7. The molecule has 5 rings (SSSR count). The fourth-order valence-electron chi connectivity index (χ4n) is 5.20. The summed E-state index contributed by atoms with van der Waals surface area (Å²) in [6.07, 6.45) is -1.37. The maximum atomic E-state index is 14.0. The summed E-state index contributed by atoms with van der Waals surface area (Å²) in [7, 11) is -4.33. The van der Waals surface area contributed by atoms with Gasteiger partial charge in [-0.15, -0.1) is 0 Å². The topological polar surface area (TPSA) is 206 Å². The Morgan fingerprint density at radius 3 is 2.83 bits per heavy atom. The highest BCUT2D eigenvalue weighted by atomic mass is 31.2. The Morgan fingerprint density at radius 2 is 2.12 bits per heavy atom. The van der Waals surface area contributed by atoms with Gasteiger partial charge < -0.3 is 30.5 Å². The second kappa shape index (κ2) is 11.7. The number of rotatable bonds is 10. The number of nitriles is 1. The molecule has 2 aliphatic rings. The van der Waals surface area contributed by atoms with Crippen molar-refractivity contribution in [3.63, 3.8) is 0 Å². The molecular weight excluding hydrogens is 553 g/mol. The zero-order valence-electron chi connectivity index (χ0n) is 22.3. The van der Waals surface area contributed by atoms with Gasteiger partial charge in [0.1, 0.15) is 41.3 Å². The minimum Gasteiger partial charge on any atom is -0.460 e. The molecule has 14 nitrogen and oxygen atoms in total. The highest BCUT2D eigenvalue weighted by molar-refractivity contribution is 7.52. The predicted octanol–water partition coefficient (Wildman–Crippen LogP) is 1.12. The lowest BCUT2D eigenvalue weighted by Gasteiger charge is -2.29. The molecule has 1 saturated heterocycles. The van der Waals surface area contributed by atoms with Crippen molar-refractivity contribution in [2.24, 2.45) is 5.41 Å². The minimum atomic E-state index is -4.33. The molecule has 3 aromatic rings. The van der Waals surface area contributed by atoms with E-state index in [4.69, 9.17) is 19.5 Å². The molecule has 3 heterocycles. The van der Waals surface area contributed by atoms with Gasteiger partial charge in [-0.3, -0.25) is 9.32 Å². The lowest BCUT2D eigenvalue weighted by molar-refractivity contribution is -0.149. The van der Waals surface area contributed by atoms with Crippen LogP contribution < -0.4 is 20.7 Å². The number of para-hydroxylation sites is 1. The fraction of sp³-hybridized carbons (Fsp3) is 0.462. The van der Waals surface area contributed by atoms with Crippen LogP contribution in [0.5, 0.6) is 5.75 Å². The van der Waals surface area contributed by atoms with Crippen molar-refractivity contribution in [1.82, 2.24) is 25.0 Å². The van der Waals surface area contributed by atoms with Gasteiger partial charge >= 0.3 is 13.7 Å². The van der Waals surface area contributed by atoms with Gasteiger partial charge in [0.15, 0.2) is 5.82 Å². The van der Waals surface area contributed by atoms with Gasteiger partial charge in [-0.2, -0.15) is 15.4 Å². The number of aliphatic hydroxyl groups excluding tert-OH is 2. The Kier molecular flexibility index (Phi) is 8.28. The summed E-state index contributed by atoms with van der Waals surface area (Å²) in [5.74, 6) is -0.957. The number of nitrogens with two attached hydrogens (primary N) is 1. The van der Waals surface area contributed by atoms with Crippen LogP contribution in [0, 0.1) is 16.7 Å². The van der Waals surface area contributed by atoms with Crippen LogP contribution in [0.15, 0.2) is 48.8 Å². The Bertz CT molecular complexity index is 1480. The van der Waals surface area contributed by atoms with Gasteiger partial charge in [0.25, 0.3) is 0 Å². The number of hydrogen-bond acceptors (Lipinski definition) is 12. The Hall–Kier alpha value is -3.57. The smallest absolute Gasteiger partial charge is 0.459 e. The molecule has 0 radical (unpaired) electrons. The molecule has 7 atom stereocenters. The monoisotopic (exact) mass is 585 g/mol. The summed E-state index contributed by atoms with van der Waals surface area (Å²) in [6.45, 7) is 2.13. The normalized spacial score (nSPS) is 28.1. The van der Waals surface area contributed by atoms with E-state index in [2.05, 4.69) is 26.6 Å². The second-order valence-corrected chi connectivity index (χ2v) is 12.0. The first-order valence-corrected chi connectivity index (χ1v) is 14.7. The molecule has 1 aliphatic heterocycles. The number of aliphatic hydroxyl groups is 2. The number of carbonyl (C=O) groups is 1. The summed E-state index contributed by atoms with van der Waals surface area (Å²) < 4.78 is 32.4. The van der Waals surface area contributed by atoms with E-state index in [9.17, 15) is 24.8 Å². The zero-order valence-corrected chi connectivity index (χ0v) is 23.2. The molecule has 1 aliphatic carbocycles. The molecular formula is C26H32N7O7P. The standard InChI is InChI=1S/C26H32N7O7P/c1-16(25(36)39-18-9-10-29-12-18)32-41(37,40-17-5-3-2-4-6-17)38-14-26(13-27)11-19(22(34)23(26)35)20-7-8-21-24(28)30-15-31-33(20)21/h2-8,15-16,18-19,22-23,29,34-35H,9-12,14H2,1H3,(H,32,37)(H2,28,30,31)/t16-,18-,19-,22-,23-,26-,41?/m0/s1. The average Bonchev–Trinajstić information content (AvgIpc) is 3.69.